The van der Waals surface area contributed by atoms with Crippen LogP contribution in [0.3, 0.4) is 0 Å². The average molecular weight is 470 g/mol. The maximum Gasteiger partial charge on any atom is 0.294 e. The van der Waals surface area contributed by atoms with Crippen LogP contribution in [0.5, 0.6) is 5.75 Å². The van der Waals surface area contributed by atoms with Crippen LogP contribution in [0.25, 0.3) is 0 Å². The van der Waals surface area contributed by atoms with Gasteiger partial charge in [-0.25, -0.2) is 8.78 Å². The van der Waals surface area contributed by atoms with Gasteiger partial charge >= 0.3 is 0 Å². The molecule has 33 heavy (non-hydrogen) atoms. The molecule has 0 saturated carbocycles. The van der Waals surface area contributed by atoms with E-state index in [0.29, 0.717) is 12.0 Å². The van der Waals surface area contributed by atoms with Crippen molar-refractivity contribution in [2.75, 3.05) is 4.90 Å². The van der Waals surface area contributed by atoms with Crippen LogP contribution in [0.15, 0.2) is 78.1 Å². The van der Waals surface area contributed by atoms with E-state index in [4.69, 9.17) is 11.6 Å². The minimum atomic E-state index is -1.19. The lowest BCUT2D eigenvalue weighted by molar-refractivity contribution is -0.118. The highest BCUT2D eigenvalue weighted by molar-refractivity contribution is 6.32. The lowest BCUT2D eigenvalue weighted by Crippen LogP contribution is -2.31. The summed E-state index contributed by atoms with van der Waals surface area (Å²) < 4.78 is 27.5. The zero-order valence-electron chi connectivity index (χ0n) is 17.1. The first kappa shape index (κ1) is 22.5. The Kier molecular flexibility index (Phi) is 6.16. The van der Waals surface area contributed by atoms with Crippen LogP contribution < -0.4 is 4.90 Å². The Balaban J connectivity index is 1.77. The summed E-state index contributed by atoms with van der Waals surface area (Å²) in [5.41, 5.74) is 0.980. The number of aromatic hydroxyl groups is 1. The smallest absolute Gasteiger partial charge is 0.294 e. The van der Waals surface area contributed by atoms with Crippen molar-refractivity contribution in [3.63, 3.8) is 0 Å². The molecular formula is C25H18ClF2NO4. The zero-order chi connectivity index (χ0) is 23.7. The molecule has 0 radical (unpaired) electrons. The second-order valence-electron chi connectivity index (χ2n) is 7.56. The van der Waals surface area contributed by atoms with Crippen molar-refractivity contribution in [3.8, 4) is 5.75 Å². The van der Waals surface area contributed by atoms with Crippen molar-refractivity contribution < 1.29 is 28.6 Å². The van der Waals surface area contributed by atoms with Crippen LogP contribution in [0.1, 0.15) is 23.6 Å². The lowest BCUT2D eigenvalue weighted by atomic mass is 9.93. The summed E-state index contributed by atoms with van der Waals surface area (Å²) in [4.78, 5) is 27.2. The number of phenols is 1. The van der Waals surface area contributed by atoms with Crippen molar-refractivity contribution >= 4 is 29.0 Å². The SMILES string of the molecule is O=C(CCc1ccccc1)C1=C(O)C(=O)N(c2ccc(F)c(F)c2)C1c1ccc(O)c(Cl)c1. The summed E-state index contributed by atoms with van der Waals surface area (Å²) >= 11 is 6.05. The standard InChI is InChI=1S/C25H18ClF2NO4/c26-17-12-15(7-11-20(17)30)23-22(21(31)10-6-14-4-2-1-3-5-14)24(32)25(33)29(23)16-8-9-18(27)19(28)13-16/h1-5,7-9,11-13,23,30,32H,6,10H2. The number of phenolic OH excluding ortho intramolecular Hbond substituents is 1. The van der Waals surface area contributed by atoms with Gasteiger partial charge in [0.05, 0.1) is 16.6 Å². The molecule has 1 aliphatic rings. The fourth-order valence-corrected chi connectivity index (χ4v) is 4.03. The van der Waals surface area contributed by atoms with E-state index in [-0.39, 0.29) is 28.5 Å². The number of hydrogen-bond acceptors (Lipinski definition) is 4. The van der Waals surface area contributed by atoms with E-state index in [9.17, 15) is 28.6 Å². The van der Waals surface area contributed by atoms with Crippen molar-refractivity contribution in [1.82, 2.24) is 0 Å². The highest BCUT2D eigenvalue weighted by atomic mass is 35.5. The molecule has 1 heterocycles. The first-order chi connectivity index (χ1) is 15.8. The van der Waals surface area contributed by atoms with Crippen LogP contribution in [0.2, 0.25) is 5.02 Å². The maximum absolute atomic E-state index is 14.0. The number of aliphatic hydroxyl groups is 1. The Hall–Kier alpha value is -3.71. The van der Waals surface area contributed by atoms with Gasteiger partial charge in [0.1, 0.15) is 5.75 Å². The molecule has 0 aliphatic carbocycles. The Morgan fingerprint density at radius 2 is 1.70 bits per heavy atom. The topological polar surface area (TPSA) is 77.8 Å². The molecule has 0 fully saturated rings. The number of hydrogen-bond donors (Lipinski definition) is 2. The molecule has 0 bridgehead atoms. The number of halogens is 3. The summed E-state index contributed by atoms with van der Waals surface area (Å²) in [6.45, 7) is 0. The van der Waals surface area contributed by atoms with E-state index in [1.165, 1.54) is 24.3 Å². The van der Waals surface area contributed by atoms with Gasteiger partial charge in [0.15, 0.2) is 23.2 Å². The zero-order valence-corrected chi connectivity index (χ0v) is 17.9. The predicted molar refractivity (Wildman–Crippen MR) is 119 cm³/mol. The normalized spacial score (nSPS) is 15.9. The molecular weight excluding hydrogens is 452 g/mol. The van der Waals surface area contributed by atoms with Gasteiger partial charge in [-0.05, 0) is 41.8 Å². The van der Waals surface area contributed by atoms with Crippen molar-refractivity contribution in [2.45, 2.75) is 18.9 Å². The maximum atomic E-state index is 14.0. The van der Waals surface area contributed by atoms with E-state index >= 15 is 0 Å². The highest BCUT2D eigenvalue weighted by Crippen LogP contribution is 2.43. The first-order valence-electron chi connectivity index (χ1n) is 10.0. The number of benzene rings is 3. The fourth-order valence-electron chi connectivity index (χ4n) is 3.84. The van der Waals surface area contributed by atoms with Crippen LogP contribution in [0, 0.1) is 11.6 Å². The molecule has 0 aromatic heterocycles. The van der Waals surface area contributed by atoms with E-state index in [2.05, 4.69) is 0 Å². The number of ketones is 1. The number of Topliss-reactive ketones (excluding diaryl/α,β-unsaturated/α-hetero) is 1. The molecule has 1 unspecified atom stereocenters. The van der Waals surface area contributed by atoms with E-state index < -0.39 is 35.1 Å². The number of anilines is 1. The Morgan fingerprint density at radius 1 is 0.970 bits per heavy atom. The van der Waals surface area contributed by atoms with E-state index in [1.807, 2.05) is 30.3 Å². The monoisotopic (exact) mass is 469 g/mol. The van der Waals surface area contributed by atoms with Crippen LogP contribution in [0.4, 0.5) is 14.5 Å². The molecule has 3 aromatic carbocycles. The molecule has 1 aliphatic heterocycles. The third-order valence-electron chi connectivity index (χ3n) is 5.46. The van der Waals surface area contributed by atoms with Crippen molar-refractivity contribution in [2.24, 2.45) is 0 Å². The minimum absolute atomic E-state index is 0.00458. The van der Waals surface area contributed by atoms with Gasteiger partial charge in [0, 0.05) is 18.2 Å². The lowest BCUT2D eigenvalue weighted by Gasteiger charge is -2.27. The van der Waals surface area contributed by atoms with Crippen LogP contribution >= 0.6 is 11.6 Å². The van der Waals surface area contributed by atoms with Gasteiger partial charge in [0.2, 0.25) is 0 Å². The molecule has 0 spiro atoms. The van der Waals surface area contributed by atoms with E-state index in [0.717, 1.165) is 22.6 Å². The van der Waals surface area contributed by atoms with Crippen LogP contribution in [-0.4, -0.2) is 21.9 Å². The summed E-state index contributed by atoms with van der Waals surface area (Å²) in [7, 11) is 0. The second kappa shape index (κ2) is 9.03. The molecule has 4 rings (SSSR count). The third kappa shape index (κ3) is 4.32. The number of carbonyl (C=O) groups excluding carboxylic acids is 2. The minimum Gasteiger partial charge on any atom is -0.506 e. The molecule has 3 aromatic rings. The Labute approximate surface area is 193 Å². The molecule has 5 nitrogen and oxygen atoms in total. The number of aliphatic hydroxyl groups excluding tert-OH is 1. The van der Waals surface area contributed by atoms with Crippen LogP contribution in [-0.2, 0) is 16.0 Å². The highest BCUT2D eigenvalue weighted by Gasteiger charge is 2.44. The molecule has 8 heteroatoms. The van der Waals surface area contributed by atoms with Gasteiger partial charge in [-0.3, -0.25) is 14.5 Å². The molecule has 2 N–H and O–H groups in total. The first-order valence-corrected chi connectivity index (χ1v) is 10.4. The molecule has 1 amide bonds. The van der Waals surface area contributed by atoms with Gasteiger partial charge in [-0.1, -0.05) is 48.0 Å². The summed E-state index contributed by atoms with van der Waals surface area (Å²) in [6.07, 6.45) is 0.378. The predicted octanol–water partition coefficient (Wildman–Crippen LogP) is 5.43. The number of carbonyl (C=O) groups is 2. The number of aryl methyl sites for hydroxylation is 1. The third-order valence-corrected chi connectivity index (χ3v) is 5.76. The Bertz CT molecular complexity index is 1280. The Morgan fingerprint density at radius 3 is 2.36 bits per heavy atom. The summed E-state index contributed by atoms with van der Waals surface area (Å²) in [5, 5.41) is 20.4. The van der Waals surface area contributed by atoms with Crippen molar-refractivity contribution in [3.05, 3.63) is 106 Å². The molecule has 168 valence electrons. The van der Waals surface area contributed by atoms with Crippen molar-refractivity contribution in [1.29, 1.82) is 0 Å². The van der Waals surface area contributed by atoms with E-state index in [1.54, 1.807) is 0 Å². The number of rotatable bonds is 6. The fraction of sp³-hybridized carbons (Fsp3) is 0.120. The van der Waals surface area contributed by atoms with Gasteiger partial charge in [-0.2, -0.15) is 0 Å². The number of amides is 1. The largest absolute Gasteiger partial charge is 0.506 e. The van der Waals surface area contributed by atoms with Gasteiger partial charge in [0.25, 0.3) is 5.91 Å². The van der Waals surface area contributed by atoms with Gasteiger partial charge < -0.3 is 10.2 Å². The quantitative estimate of drug-likeness (QED) is 0.505. The van der Waals surface area contributed by atoms with Gasteiger partial charge in [-0.15, -0.1) is 0 Å². The molecule has 1 atom stereocenters. The molecule has 0 saturated heterocycles. The second-order valence-corrected chi connectivity index (χ2v) is 7.97. The number of nitrogens with zero attached hydrogens (tertiary/aromatic N) is 1. The summed E-state index contributed by atoms with van der Waals surface area (Å²) in [6, 6.07) is 15.0. The summed E-state index contributed by atoms with van der Waals surface area (Å²) in [5.74, 6) is -4.69. The average Bonchev–Trinajstić information content (AvgIpc) is 3.07.